The van der Waals surface area contributed by atoms with E-state index in [1.807, 2.05) is 66.7 Å². The summed E-state index contributed by atoms with van der Waals surface area (Å²) in [7, 11) is 3.25. The van der Waals surface area contributed by atoms with Crippen molar-refractivity contribution in [2.45, 2.75) is 0 Å². The van der Waals surface area contributed by atoms with Gasteiger partial charge in [0.2, 0.25) is 6.79 Å². The van der Waals surface area contributed by atoms with Crippen molar-refractivity contribution in [1.29, 1.82) is 0 Å². The lowest BCUT2D eigenvalue weighted by Crippen LogP contribution is -2.03. The first kappa shape index (κ1) is 18.1. The highest BCUT2D eigenvalue weighted by atomic mass is 16.7. The number of nitrogens with zero attached hydrogens (tertiary/aromatic N) is 1. The van der Waals surface area contributed by atoms with Gasteiger partial charge in [0.25, 0.3) is 0 Å². The fraction of sp³-hybridized carbons (Fsp3) is 0.125. The Morgan fingerprint density at radius 3 is 2.57 bits per heavy atom. The largest absolute Gasteiger partial charge is 0.497 e. The Kier molecular flexibility index (Phi) is 4.52. The Morgan fingerprint density at radius 1 is 0.833 bits per heavy atom. The molecule has 0 N–H and O–H groups in total. The molecule has 0 spiro atoms. The molecular weight excluding hydrogens is 382 g/mol. The number of hydrogen-bond donors (Lipinski definition) is 0. The van der Waals surface area contributed by atoms with Crippen molar-refractivity contribution in [2.75, 3.05) is 21.0 Å². The van der Waals surface area contributed by atoms with Gasteiger partial charge < -0.3 is 23.4 Å². The van der Waals surface area contributed by atoms with Crippen LogP contribution in [0.5, 0.6) is 23.0 Å². The molecule has 1 aliphatic heterocycles. The molecule has 0 fully saturated rings. The molecule has 1 aliphatic rings. The quantitative estimate of drug-likeness (QED) is 0.477. The van der Waals surface area contributed by atoms with Crippen molar-refractivity contribution in [2.24, 2.45) is 4.99 Å². The van der Waals surface area contributed by atoms with Gasteiger partial charge >= 0.3 is 0 Å². The number of fused-ring (bicyclic) bond motifs is 2. The molecule has 0 atom stereocenters. The van der Waals surface area contributed by atoms with Crippen LogP contribution in [0.25, 0.3) is 22.3 Å². The van der Waals surface area contributed by atoms with E-state index < -0.39 is 0 Å². The van der Waals surface area contributed by atoms with Crippen LogP contribution in [-0.2, 0) is 0 Å². The Bertz CT molecular complexity index is 1310. The number of benzene rings is 3. The summed E-state index contributed by atoms with van der Waals surface area (Å²) < 4.78 is 27.9. The molecule has 0 bridgehead atoms. The van der Waals surface area contributed by atoms with Crippen molar-refractivity contribution >= 4 is 16.7 Å². The molecule has 0 unspecified atom stereocenters. The van der Waals surface area contributed by atoms with Gasteiger partial charge in [-0.15, -0.1) is 0 Å². The predicted octanol–water partition coefficient (Wildman–Crippen LogP) is 5.08. The summed E-state index contributed by atoms with van der Waals surface area (Å²) in [4.78, 5) is 4.89. The van der Waals surface area contributed by atoms with Gasteiger partial charge in [0.15, 0.2) is 11.5 Å². The second-order valence-electron chi connectivity index (χ2n) is 6.71. The summed E-state index contributed by atoms with van der Waals surface area (Å²) in [6.45, 7) is 0.226. The van der Waals surface area contributed by atoms with Crippen LogP contribution in [0, 0.1) is 0 Å². The van der Waals surface area contributed by atoms with Crippen LogP contribution in [0.2, 0.25) is 0 Å². The zero-order valence-electron chi connectivity index (χ0n) is 16.5. The van der Waals surface area contributed by atoms with Crippen molar-refractivity contribution in [3.8, 4) is 34.3 Å². The van der Waals surface area contributed by atoms with E-state index in [2.05, 4.69) is 0 Å². The van der Waals surface area contributed by atoms with Gasteiger partial charge in [0.1, 0.15) is 28.5 Å². The average Bonchev–Trinajstić information content (AvgIpc) is 3.27. The molecule has 0 amide bonds. The minimum atomic E-state index is 0.226. The first-order valence-electron chi connectivity index (χ1n) is 9.45. The van der Waals surface area contributed by atoms with E-state index in [-0.39, 0.29) is 6.79 Å². The van der Waals surface area contributed by atoms with Crippen LogP contribution in [0.15, 0.2) is 76.1 Å². The van der Waals surface area contributed by atoms with Crippen molar-refractivity contribution in [1.82, 2.24) is 0 Å². The van der Waals surface area contributed by atoms with Crippen LogP contribution in [0.4, 0.5) is 5.69 Å². The van der Waals surface area contributed by atoms with Crippen LogP contribution < -0.4 is 24.3 Å². The third-order valence-electron chi connectivity index (χ3n) is 4.93. The van der Waals surface area contributed by atoms with E-state index in [1.54, 1.807) is 14.2 Å². The third kappa shape index (κ3) is 3.22. The predicted molar refractivity (Wildman–Crippen MR) is 113 cm³/mol. The fourth-order valence-electron chi connectivity index (χ4n) is 3.42. The second kappa shape index (κ2) is 7.48. The van der Waals surface area contributed by atoms with E-state index in [9.17, 15) is 0 Å². The standard InChI is InChI=1S/C24H19NO5/c1-26-16-8-10-21(27-2)19(12-16)25-18-13-23(30-20-6-4-3-5-17(18)20)15-7-9-22-24(11-15)29-14-28-22/h3-13H,14H2,1-2H3. The molecule has 1 aromatic heterocycles. The van der Waals surface area contributed by atoms with E-state index in [1.165, 1.54) is 0 Å². The maximum absolute atomic E-state index is 6.18. The monoisotopic (exact) mass is 401 g/mol. The van der Waals surface area contributed by atoms with Crippen molar-refractivity contribution < 1.29 is 23.4 Å². The lowest BCUT2D eigenvalue weighted by atomic mass is 10.1. The lowest BCUT2D eigenvalue weighted by Gasteiger charge is -2.08. The first-order valence-corrected chi connectivity index (χ1v) is 9.45. The maximum Gasteiger partial charge on any atom is 0.231 e. The Morgan fingerprint density at radius 2 is 1.70 bits per heavy atom. The Balaban J connectivity index is 1.73. The molecule has 6 nitrogen and oxygen atoms in total. The van der Waals surface area contributed by atoms with Gasteiger partial charge in [-0.3, -0.25) is 0 Å². The summed E-state index contributed by atoms with van der Waals surface area (Å²) in [6, 6.07) is 21.0. The van der Waals surface area contributed by atoms with Crippen LogP contribution >= 0.6 is 0 Å². The van der Waals surface area contributed by atoms with Gasteiger partial charge in [-0.05, 0) is 42.5 Å². The van der Waals surface area contributed by atoms with Gasteiger partial charge in [-0.1, -0.05) is 12.1 Å². The second-order valence-corrected chi connectivity index (χ2v) is 6.71. The minimum absolute atomic E-state index is 0.226. The highest BCUT2D eigenvalue weighted by Gasteiger charge is 2.15. The Labute approximate surface area is 172 Å². The summed E-state index contributed by atoms with van der Waals surface area (Å²) in [6.07, 6.45) is 0. The first-order chi connectivity index (χ1) is 14.7. The maximum atomic E-state index is 6.18. The summed E-state index contributed by atoms with van der Waals surface area (Å²) in [5.74, 6) is 3.46. The van der Waals surface area contributed by atoms with E-state index in [0.29, 0.717) is 28.7 Å². The van der Waals surface area contributed by atoms with E-state index >= 15 is 0 Å². The zero-order valence-corrected chi connectivity index (χ0v) is 16.5. The highest BCUT2D eigenvalue weighted by Crippen LogP contribution is 2.36. The smallest absolute Gasteiger partial charge is 0.231 e. The number of methoxy groups -OCH3 is 2. The minimum Gasteiger partial charge on any atom is -0.497 e. The number of hydrogen-bond acceptors (Lipinski definition) is 6. The molecule has 0 aliphatic carbocycles. The van der Waals surface area contributed by atoms with Crippen LogP contribution in [0.3, 0.4) is 0 Å². The summed E-state index contributed by atoms with van der Waals surface area (Å²) in [5, 5.41) is 1.66. The van der Waals surface area contributed by atoms with Crippen molar-refractivity contribution in [3.63, 3.8) is 0 Å². The molecule has 0 saturated carbocycles. The van der Waals surface area contributed by atoms with Gasteiger partial charge in [0, 0.05) is 23.1 Å². The van der Waals surface area contributed by atoms with E-state index in [4.69, 9.17) is 28.4 Å². The van der Waals surface area contributed by atoms with Crippen LogP contribution in [0.1, 0.15) is 0 Å². The van der Waals surface area contributed by atoms with Gasteiger partial charge in [0.05, 0.1) is 19.6 Å². The molecule has 4 aromatic rings. The molecular formula is C24H19NO5. The normalized spacial score (nSPS) is 12.9. The third-order valence-corrected chi connectivity index (χ3v) is 4.93. The molecule has 30 heavy (non-hydrogen) atoms. The van der Waals surface area contributed by atoms with Crippen LogP contribution in [-0.4, -0.2) is 21.0 Å². The van der Waals surface area contributed by atoms with Crippen molar-refractivity contribution in [3.05, 3.63) is 72.1 Å². The lowest BCUT2D eigenvalue weighted by molar-refractivity contribution is 0.174. The number of ether oxygens (including phenoxy) is 4. The molecule has 0 radical (unpaired) electrons. The molecule has 6 heteroatoms. The molecule has 2 heterocycles. The fourth-order valence-corrected chi connectivity index (χ4v) is 3.42. The number of rotatable bonds is 4. The summed E-state index contributed by atoms with van der Waals surface area (Å²) in [5.41, 5.74) is 2.28. The topological polar surface area (TPSA) is 62.4 Å². The summed E-state index contributed by atoms with van der Waals surface area (Å²) >= 11 is 0. The highest BCUT2D eigenvalue weighted by molar-refractivity contribution is 5.79. The molecule has 3 aromatic carbocycles. The Hall–Kier alpha value is -3.93. The SMILES string of the molecule is COc1ccc(OC)c(N=c2cc(-c3ccc4c(c3)OCO4)oc3ccccc23)c1. The molecule has 150 valence electrons. The zero-order chi connectivity index (χ0) is 20.5. The van der Waals surface area contributed by atoms with Gasteiger partial charge in [-0.25, -0.2) is 4.99 Å². The average molecular weight is 401 g/mol. The van der Waals surface area contributed by atoms with Gasteiger partial charge in [-0.2, -0.15) is 0 Å². The number of para-hydroxylation sites is 1. The van der Waals surface area contributed by atoms with E-state index in [0.717, 1.165) is 27.6 Å². The molecule has 5 rings (SSSR count). The molecule has 0 saturated heterocycles.